The van der Waals surface area contributed by atoms with Crippen LogP contribution in [0.4, 0.5) is 0 Å². The number of benzene rings is 1. The number of pyridine rings is 1. The highest BCUT2D eigenvalue weighted by Crippen LogP contribution is 2.31. The van der Waals surface area contributed by atoms with Crippen molar-refractivity contribution >= 4 is 10.9 Å². The molecule has 0 unspecified atom stereocenters. The summed E-state index contributed by atoms with van der Waals surface area (Å²) < 4.78 is 11.6. The van der Waals surface area contributed by atoms with Gasteiger partial charge in [0.05, 0.1) is 18.7 Å². The Labute approximate surface area is 124 Å². The molecule has 110 valence electrons. The van der Waals surface area contributed by atoms with E-state index < -0.39 is 0 Å². The zero-order valence-electron chi connectivity index (χ0n) is 12.1. The molecule has 4 heteroatoms. The Morgan fingerprint density at radius 1 is 1.10 bits per heavy atom. The Morgan fingerprint density at radius 2 is 1.90 bits per heavy atom. The lowest BCUT2D eigenvalue weighted by atomic mass is 10.0. The van der Waals surface area contributed by atoms with Gasteiger partial charge in [-0.25, -0.2) is 0 Å². The van der Waals surface area contributed by atoms with E-state index in [1.807, 2.05) is 12.3 Å². The summed E-state index contributed by atoms with van der Waals surface area (Å²) >= 11 is 0. The molecule has 2 aliphatic heterocycles. The van der Waals surface area contributed by atoms with Gasteiger partial charge in [-0.3, -0.25) is 9.88 Å². The molecule has 4 rings (SSSR count). The molecule has 2 saturated heterocycles. The predicted octanol–water partition coefficient (Wildman–Crippen LogP) is 2.57. The zero-order chi connectivity index (χ0) is 14.1. The third-order valence-electron chi connectivity index (χ3n) is 4.51. The molecule has 2 aliphatic rings. The maximum atomic E-state index is 5.78. The number of piperidine rings is 1. The number of ether oxygens (including phenoxy) is 2. The van der Waals surface area contributed by atoms with Crippen LogP contribution >= 0.6 is 0 Å². The molecular formula is C17H20N2O2. The molecule has 4 nitrogen and oxygen atoms in total. The maximum Gasteiger partial charge on any atom is 0.170 e. The minimum absolute atomic E-state index is 0.274. The average Bonchev–Trinajstić information content (AvgIpc) is 2.98. The second-order valence-electron chi connectivity index (χ2n) is 5.91. The van der Waals surface area contributed by atoms with Crippen LogP contribution in [0, 0.1) is 0 Å². The van der Waals surface area contributed by atoms with E-state index in [0.717, 1.165) is 51.2 Å². The van der Waals surface area contributed by atoms with Gasteiger partial charge >= 0.3 is 0 Å². The summed E-state index contributed by atoms with van der Waals surface area (Å²) in [5.41, 5.74) is 2.41. The lowest BCUT2D eigenvalue weighted by molar-refractivity contribution is -0.185. The van der Waals surface area contributed by atoms with Crippen molar-refractivity contribution in [3.63, 3.8) is 0 Å². The zero-order valence-corrected chi connectivity index (χ0v) is 12.1. The summed E-state index contributed by atoms with van der Waals surface area (Å²) in [5, 5.41) is 1.21. The normalized spacial score (nSPS) is 22.1. The molecule has 0 saturated carbocycles. The fraction of sp³-hybridized carbons (Fsp3) is 0.471. The smallest absolute Gasteiger partial charge is 0.170 e. The average molecular weight is 284 g/mol. The lowest BCUT2D eigenvalue weighted by Crippen LogP contribution is -2.44. The van der Waals surface area contributed by atoms with Crippen molar-refractivity contribution in [1.29, 1.82) is 0 Å². The standard InChI is InChI=1S/C17H20N2O2/c1-2-15-12-14(3-4-16(15)18-7-1)13-19-8-5-17(6-9-19)20-10-11-21-17/h1-4,7,12H,5-6,8-11,13H2. The molecule has 0 atom stereocenters. The van der Waals surface area contributed by atoms with E-state index in [-0.39, 0.29) is 5.79 Å². The van der Waals surface area contributed by atoms with Crippen LogP contribution in [0.2, 0.25) is 0 Å². The van der Waals surface area contributed by atoms with Gasteiger partial charge in [0.1, 0.15) is 0 Å². The van der Waals surface area contributed by atoms with Crippen LogP contribution in [0.5, 0.6) is 0 Å². The van der Waals surface area contributed by atoms with Gasteiger partial charge in [-0.1, -0.05) is 12.1 Å². The number of likely N-dealkylation sites (tertiary alicyclic amines) is 1. The molecule has 1 aromatic heterocycles. The molecule has 0 N–H and O–H groups in total. The summed E-state index contributed by atoms with van der Waals surface area (Å²) in [6.07, 6.45) is 3.79. The molecule has 1 aromatic carbocycles. The molecule has 2 fully saturated rings. The minimum Gasteiger partial charge on any atom is -0.347 e. The van der Waals surface area contributed by atoms with Crippen LogP contribution in [0.3, 0.4) is 0 Å². The molecule has 3 heterocycles. The first-order chi connectivity index (χ1) is 10.3. The Hall–Kier alpha value is -1.49. The number of hydrogen-bond acceptors (Lipinski definition) is 4. The van der Waals surface area contributed by atoms with Crippen LogP contribution in [0.15, 0.2) is 36.5 Å². The van der Waals surface area contributed by atoms with E-state index >= 15 is 0 Å². The molecule has 2 aromatic rings. The van der Waals surface area contributed by atoms with Crippen molar-refractivity contribution in [2.24, 2.45) is 0 Å². The molecular weight excluding hydrogens is 264 g/mol. The van der Waals surface area contributed by atoms with E-state index in [4.69, 9.17) is 9.47 Å². The van der Waals surface area contributed by atoms with Crippen LogP contribution in [-0.4, -0.2) is 42.0 Å². The van der Waals surface area contributed by atoms with Crippen molar-refractivity contribution in [1.82, 2.24) is 9.88 Å². The number of fused-ring (bicyclic) bond motifs is 1. The second-order valence-corrected chi connectivity index (χ2v) is 5.91. The first-order valence-electron chi connectivity index (χ1n) is 7.67. The minimum atomic E-state index is -0.274. The topological polar surface area (TPSA) is 34.6 Å². The number of nitrogens with zero attached hydrogens (tertiary/aromatic N) is 2. The summed E-state index contributed by atoms with van der Waals surface area (Å²) in [6, 6.07) is 10.7. The molecule has 1 spiro atoms. The van der Waals surface area contributed by atoms with Gasteiger partial charge in [-0.15, -0.1) is 0 Å². The Bertz CT molecular complexity index is 627. The molecule has 0 radical (unpaired) electrons. The van der Waals surface area contributed by atoms with E-state index in [1.165, 1.54) is 10.9 Å². The largest absolute Gasteiger partial charge is 0.347 e. The van der Waals surface area contributed by atoms with Gasteiger partial charge in [0.15, 0.2) is 5.79 Å². The lowest BCUT2D eigenvalue weighted by Gasteiger charge is -2.37. The molecule has 0 aliphatic carbocycles. The number of aromatic nitrogens is 1. The third-order valence-corrected chi connectivity index (χ3v) is 4.51. The Morgan fingerprint density at radius 3 is 2.71 bits per heavy atom. The highest BCUT2D eigenvalue weighted by atomic mass is 16.7. The first kappa shape index (κ1) is 13.2. The van der Waals surface area contributed by atoms with E-state index in [1.54, 1.807) is 0 Å². The van der Waals surface area contributed by atoms with Crippen molar-refractivity contribution in [3.05, 3.63) is 42.1 Å². The van der Waals surface area contributed by atoms with E-state index in [2.05, 4.69) is 34.1 Å². The SMILES string of the molecule is c1cnc2ccc(CN3CCC4(CC3)OCCO4)cc2c1. The first-order valence-corrected chi connectivity index (χ1v) is 7.67. The fourth-order valence-corrected chi connectivity index (χ4v) is 3.32. The monoisotopic (exact) mass is 284 g/mol. The third kappa shape index (κ3) is 2.67. The van der Waals surface area contributed by atoms with Crippen molar-refractivity contribution in [2.45, 2.75) is 25.2 Å². The highest BCUT2D eigenvalue weighted by molar-refractivity contribution is 5.78. The molecule has 0 amide bonds. The van der Waals surface area contributed by atoms with Gasteiger partial charge in [0, 0.05) is 44.1 Å². The maximum absolute atomic E-state index is 5.78. The second kappa shape index (κ2) is 5.37. The number of rotatable bonds is 2. The molecule has 0 bridgehead atoms. The van der Waals surface area contributed by atoms with Crippen LogP contribution < -0.4 is 0 Å². The summed E-state index contributed by atoms with van der Waals surface area (Å²) in [6.45, 7) is 4.55. The van der Waals surface area contributed by atoms with E-state index in [9.17, 15) is 0 Å². The van der Waals surface area contributed by atoms with Crippen molar-refractivity contribution in [3.8, 4) is 0 Å². The van der Waals surface area contributed by atoms with E-state index in [0.29, 0.717) is 0 Å². The van der Waals surface area contributed by atoms with Gasteiger partial charge in [0.2, 0.25) is 0 Å². The van der Waals surface area contributed by atoms with Crippen LogP contribution in [0.25, 0.3) is 10.9 Å². The molecule has 21 heavy (non-hydrogen) atoms. The van der Waals surface area contributed by atoms with Crippen LogP contribution in [0.1, 0.15) is 18.4 Å². The summed E-state index contributed by atoms with van der Waals surface area (Å²) in [5.74, 6) is -0.274. The van der Waals surface area contributed by atoms with Crippen molar-refractivity contribution < 1.29 is 9.47 Å². The van der Waals surface area contributed by atoms with Gasteiger partial charge in [0.25, 0.3) is 0 Å². The summed E-state index contributed by atoms with van der Waals surface area (Å²) in [7, 11) is 0. The highest BCUT2D eigenvalue weighted by Gasteiger charge is 2.39. The summed E-state index contributed by atoms with van der Waals surface area (Å²) in [4.78, 5) is 6.85. The van der Waals surface area contributed by atoms with Crippen molar-refractivity contribution in [2.75, 3.05) is 26.3 Å². The van der Waals surface area contributed by atoms with Gasteiger partial charge in [-0.05, 0) is 23.8 Å². The Kier molecular flexibility index (Phi) is 3.37. The number of hydrogen-bond donors (Lipinski definition) is 0. The van der Waals surface area contributed by atoms with Gasteiger partial charge in [-0.2, -0.15) is 0 Å². The quantitative estimate of drug-likeness (QED) is 0.849. The Balaban J connectivity index is 1.43. The predicted molar refractivity (Wildman–Crippen MR) is 80.9 cm³/mol. The fourth-order valence-electron chi connectivity index (χ4n) is 3.32. The van der Waals surface area contributed by atoms with Gasteiger partial charge < -0.3 is 9.47 Å². The van der Waals surface area contributed by atoms with Crippen LogP contribution in [-0.2, 0) is 16.0 Å².